The zero-order valence-corrected chi connectivity index (χ0v) is 12.6. The minimum atomic E-state index is -0.887. The summed E-state index contributed by atoms with van der Waals surface area (Å²) in [6.45, 7) is 0.185. The van der Waals surface area contributed by atoms with Gasteiger partial charge in [0.1, 0.15) is 12.5 Å². The normalized spacial score (nSPS) is 11.3. The van der Waals surface area contributed by atoms with Crippen LogP contribution in [-0.2, 0) is 16.1 Å². The SMILES string of the molecule is N#CC(C#N)[C@H](CC(=O)OCc1ccccc1)c1ccccc1. The maximum atomic E-state index is 12.1. The molecular formula is C19H16N2O2. The monoisotopic (exact) mass is 304 g/mol. The molecule has 0 amide bonds. The summed E-state index contributed by atoms with van der Waals surface area (Å²) < 4.78 is 5.26. The summed E-state index contributed by atoms with van der Waals surface area (Å²) in [7, 11) is 0. The Morgan fingerprint density at radius 2 is 1.52 bits per heavy atom. The Hall–Kier alpha value is -3.11. The molecule has 0 radical (unpaired) electrons. The van der Waals surface area contributed by atoms with Gasteiger partial charge in [0.15, 0.2) is 0 Å². The molecule has 23 heavy (non-hydrogen) atoms. The van der Waals surface area contributed by atoms with Crippen molar-refractivity contribution >= 4 is 5.97 Å². The summed E-state index contributed by atoms with van der Waals surface area (Å²) in [5, 5.41) is 18.3. The lowest BCUT2D eigenvalue weighted by Gasteiger charge is -2.17. The molecule has 0 aromatic heterocycles. The van der Waals surface area contributed by atoms with Crippen LogP contribution < -0.4 is 0 Å². The molecule has 1 atom stereocenters. The highest BCUT2D eigenvalue weighted by Gasteiger charge is 2.26. The van der Waals surface area contributed by atoms with Gasteiger partial charge in [-0.1, -0.05) is 60.7 Å². The molecule has 0 bridgehead atoms. The van der Waals surface area contributed by atoms with Gasteiger partial charge in [-0.15, -0.1) is 0 Å². The fraction of sp³-hybridized carbons (Fsp3) is 0.211. The number of hydrogen-bond donors (Lipinski definition) is 0. The zero-order chi connectivity index (χ0) is 16.5. The number of hydrogen-bond acceptors (Lipinski definition) is 4. The van der Waals surface area contributed by atoms with Gasteiger partial charge in [0.2, 0.25) is 0 Å². The van der Waals surface area contributed by atoms with Gasteiger partial charge >= 0.3 is 5.97 Å². The summed E-state index contributed by atoms with van der Waals surface area (Å²) >= 11 is 0. The summed E-state index contributed by atoms with van der Waals surface area (Å²) in [6, 6.07) is 22.4. The average Bonchev–Trinajstić information content (AvgIpc) is 2.62. The Morgan fingerprint density at radius 3 is 2.09 bits per heavy atom. The Balaban J connectivity index is 2.04. The maximum absolute atomic E-state index is 12.1. The van der Waals surface area contributed by atoms with Gasteiger partial charge in [-0.3, -0.25) is 4.79 Å². The average molecular weight is 304 g/mol. The third-order valence-corrected chi connectivity index (χ3v) is 3.54. The topological polar surface area (TPSA) is 73.9 Å². The van der Waals surface area contributed by atoms with E-state index in [9.17, 15) is 4.79 Å². The lowest BCUT2D eigenvalue weighted by Crippen LogP contribution is -2.16. The van der Waals surface area contributed by atoms with E-state index < -0.39 is 17.8 Å². The van der Waals surface area contributed by atoms with Crippen LogP contribution in [0.15, 0.2) is 60.7 Å². The zero-order valence-electron chi connectivity index (χ0n) is 12.6. The van der Waals surface area contributed by atoms with Crippen LogP contribution in [0.2, 0.25) is 0 Å². The van der Waals surface area contributed by atoms with E-state index >= 15 is 0 Å². The standard InChI is InChI=1S/C19H16N2O2/c20-12-17(13-21)18(16-9-5-2-6-10-16)11-19(22)23-14-15-7-3-1-4-8-15/h1-10,17-18H,11,14H2/t18-/m1/s1. The van der Waals surface area contributed by atoms with Gasteiger partial charge in [-0.2, -0.15) is 10.5 Å². The van der Waals surface area contributed by atoms with Crippen LogP contribution in [-0.4, -0.2) is 5.97 Å². The molecular weight excluding hydrogens is 288 g/mol. The van der Waals surface area contributed by atoms with Crippen LogP contribution in [0, 0.1) is 28.6 Å². The number of esters is 1. The largest absolute Gasteiger partial charge is 0.461 e. The van der Waals surface area contributed by atoms with Crippen molar-refractivity contribution in [2.75, 3.05) is 0 Å². The smallest absolute Gasteiger partial charge is 0.306 e. The van der Waals surface area contributed by atoms with Crippen molar-refractivity contribution in [2.24, 2.45) is 5.92 Å². The predicted octanol–water partition coefficient (Wildman–Crippen LogP) is 3.57. The van der Waals surface area contributed by atoms with Gasteiger partial charge in [0.25, 0.3) is 0 Å². The van der Waals surface area contributed by atoms with Crippen LogP contribution in [0.4, 0.5) is 0 Å². The fourth-order valence-electron chi connectivity index (χ4n) is 2.31. The molecule has 0 saturated heterocycles. The van der Waals surface area contributed by atoms with E-state index in [1.54, 1.807) is 0 Å². The van der Waals surface area contributed by atoms with Crippen molar-refractivity contribution < 1.29 is 9.53 Å². The quantitative estimate of drug-likeness (QED) is 0.765. The number of benzene rings is 2. The van der Waals surface area contributed by atoms with Crippen molar-refractivity contribution in [1.82, 2.24) is 0 Å². The molecule has 0 aliphatic heterocycles. The minimum Gasteiger partial charge on any atom is -0.461 e. The second-order valence-corrected chi connectivity index (χ2v) is 5.10. The first-order valence-corrected chi connectivity index (χ1v) is 7.28. The number of rotatable bonds is 6. The van der Waals surface area contributed by atoms with Crippen LogP contribution >= 0.6 is 0 Å². The van der Waals surface area contributed by atoms with Crippen LogP contribution in [0.1, 0.15) is 23.5 Å². The fourth-order valence-corrected chi connectivity index (χ4v) is 2.31. The van der Waals surface area contributed by atoms with Gasteiger partial charge in [0.05, 0.1) is 18.6 Å². The number of ether oxygens (including phenoxy) is 1. The molecule has 0 aliphatic rings. The Bertz CT molecular complexity index is 701. The lowest BCUT2D eigenvalue weighted by atomic mass is 9.85. The van der Waals surface area contributed by atoms with Crippen molar-refractivity contribution in [3.05, 3.63) is 71.8 Å². The molecule has 0 unspecified atom stereocenters. The van der Waals surface area contributed by atoms with E-state index in [4.69, 9.17) is 15.3 Å². The predicted molar refractivity (Wildman–Crippen MR) is 84.8 cm³/mol. The molecule has 0 N–H and O–H groups in total. The molecule has 4 heteroatoms. The molecule has 114 valence electrons. The molecule has 0 aliphatic carbocycles. The van der Waals surface area contributed by atoms with Crippen LogP contribution in [0.5, 0.6) is 0 Å². The second kappa shape index (κ2) is 8.36. The second-order valence-electron chi connectivity index (χ2n) is 5.10. The van der Waals surface area contributed by atoms with Crippen molar-refractivity contribution in [3.8, 4) is 12.1 Å². The Labute approximate surface area is 135 Å². The first kappa shape index (κ1) is 16.3. The maximum Gasteiger partial charge on any atom is 0.306 e. The molecule has 0 fully saturated rings. The number of nitrogens with zero attached hydrogens (tertiary/aromatic N) is 2. The third kappa shape index (κ3) is 4.69. The van der Waals surface area contributed by atoms with E-state index in [1.807, 2.05) is 72.8 Å². The van der Waals surface area contributed by atoms with Gasteiger partial charge in [0, 0.05) is 5.92 Å². The van der Waals surface area contributed by atoms with E-state index in [-0.39, 0.29) is 13.0 Å². The van der Waals surface area contributed by atoms with E-state index in [0.717, 1.165) is 11.1 Å². The summed E-state index contributed by atoms with van der Waals surface area (Å²) in [4.78, 5) is 12.1. The van der Waals surface area contributed by atoms with E-state index in [1.165, 1.54) is 0 Å². The third-order valence-electron chi connectivity index (χ3n) is 3.54. The lowest BCUT2D eigenvalue weighted by molar-refractivity contribution is -0.145. The van der Waals surface area contributed by atoms with Gasteiger partial charge < -0.3 is 4.74 Å². The van der Waals surface area contributed by atoms with Gasteiger partial charge in [-0.05, 0) is 11.1 Å². The first-order valence-electron chi connectivity index (χ1n) is 7.28. The Kier molecular flexibility index (Phi) is 5.91. The molecule has 0 spiro atoms. The van der Waals surface area contributed by atoms with E-state index in [2.05, 4.69) is 0 Å². The van der Waals surface area contributed by atoms with Crippen molar-refractivity contribution in [1.29, 1.82) is 10.5 Å². The number of nitriles is 2. The highest BCUT2D eigenvalue weighted by atomic mass is 16.5. The van der Waals surface area contributed by atoms with Crippen molar-refractivity contribution in [2.45, 2.75) is 18.9 Å². The first-order chi connectivity index (χ1) is 11.2. The van der Waals surface area contributed by atoms with Crippen LogP contribution in [0.25, 0.3) is 0 Å². The molecule has 2 aromatic carbocycles. The molecule has 0 saturated carbocycles. The number of carbonyl (C=O) groups is 1. The molecule has 0 heterocycles. The molecule has 2 aromatic rings. The highest BCUT2D eigenvalue weighted by molar-refractivity contribution is 5.71. The Morgan fingerprint density at radius 1 is 0.957 bits per heavy atom. The van der Waals surface area contributed by atoms with Crippen LogP contribution in [0.3, 0.4) is 0 Å². The van der Waals surface area contributed by atoms with Crippen molar-refractivity contribution in [3.63, 3.8) is 0 Å². The molecule has 2 rings (SSSR count). The molecule has 4 nitrogen and oxygen atoms in total. The summed E-state index contributed by atoms with van der Waals surface area (Å²) in [5.41, 5.74) is 1.69. The summed E-state index contributed by atoms with van der Waals surface area (Å²) in [6.07, 6.45) is 0.00261. The highest BCUT2D eigenvalue weighted by Crippen LogP contribution is 2.28. The number of carbonyl (C=O) groups excluding carboxylic acids is 1. The van der Waals surface area contributed by atoms with E-state index in [0.29, 0.717) is 0 Å². The minimum absolute atomic E-state index is 0.00261. The summed E-state index contributed by atoms with van der Waals surface area (Å²) in [5.74, 6) is -1.80. The van der Waals surface area contributed by atoms with Gasteiger partial charge in [-0.25, -0.2) is 0 Å².